The number of nitrogens with zero attached hydrogens (tertiary/aromatic N) is 3. The predicted octanol–water partition coefficient (Wildman–Crippen LogP) is 0.522. The molecule has 0 unspecified atom stereocenters. The lowest BCUT2D eigenvalue weighted by molar-refractivity contribution is 0.208. The number of fused-ring (bicyclic) bond motifs is 1. The first-order valence-corrected chi connectivity index (χ1v) is 4.48. The Kier molecular flexibility index (Phi) is 2.32. The van der Waals surface area contributed by atoms with Crippen LogP contribution >= 0.6 is 0 Å². The summed E-state index contributed by atoms with van der Waals surface area (Å²) < 4.78 is 1.68. The van der Waals surface area contributed by atoms with Gasteiger partial charge in [0.1, 0.15) is 5.82 Å². The van der Waals surface area contributed by atoms with Gasteiger partial charge in [-0.3, -0.25) is 0 Å². The average Bonchev–Trinajstić information content (AvgIpc) is 2.61. The van der Waals surface area contributed by atoms with Crippen molar-refractivity contribution < 1.29 is 5.11 Å². The quantitative estimate of drug-likeness (QED) is 0.744. The molecule has 5 heteroatoms. The standard InChI is InChI=1S/C9H12N4O/c1-7(14)6-11-8-2-3-9-10-4-5-13(9)12-8/h2-5,7,14H,6H2,1H3,(H,11,12)/t7-/m0/s1. The second-order valence-electron chi connectivity index (χ2n) is 3.18. The van der Waals surface area contributed by atoms with Gasteiger partial charge in [0.05, 0.1) is 6.10 Å². The van der Waals surface area contributed by atoms with Crippen LogP contribution in [0, 0.1) is 0 Å². The first-order chi connectivity index (χ1) is 6.75. The van der Waals surface area contributed by atoms with Crippen molar-refractivity contribution in [1.29, 1.82) is 0 Å². The normalized spacial score (nSPS) is 13.0. The molecule has 0 bridgehead atoms. The van der Waals surface area contributed by atoms with Crippen molar-refractivity contribution in [3.8, 4) is 0 Å². The Balaban J connectivity index is 2.17. The van der Waals surface area contributed by atoms with E-state index in [1.54, 1.807) is 23.8 Å². The lowest BCUT2D eigenvalue weighted by Gasteiger charge is -2.06. The molecular weight excluding hydrogens is 180 g/mol. The van der Waals surface area contributed by atoms with E-state index in [2.05, 4.69) is 15.4 Å². The molecule has 5 nitrogen and oxygen atoms in total. The minimum atomic E-state index is -0.379. The number of hydrogen-bond acceptors (Lipinski definition) is 4. The van der Waals surface area contributed by atoms with E-state index < -0.39 is 0 Å². The molecule has 14 heavy (non-hydrogen) atoms. The monoisotopic (exact) mass is 192 g/mol. The lowest BCUT2D eigenvalue weighted by Crippen LogP contribution is -2.16. The third-order valence-electron chi connectivity index (χ3n) is 1.83. The van der Waals surface area contributed by atoms with Crippen molar-refractivity contribution in [3.63, 3.8) is 0 Å². The van der Waals surface area contributed by atoms with Crippen LogP contribution in [0.25, 0.3) is 5.65 Å². The fourth-order valence-corrected chi connectivity index (χ4v) is 1.16. The molecule has 2 rings (SSSR count). The number of aliphatic hydroxyl groups is 1. The topological polar surface area (TPSA) is 62.5 Å². The number of nitrogens with one attached hydrogen (secondary N) is 1. The Morgan fingerprint density at radius 3 is 3.21 bits per heavy atom. The first kappa shape index (κ1) is 8.96. The maximum absolute atomic E-state index is 9.08. The fraction of sp³-hybridized carbons (Fsp3) is 0.333. The van der Waals surface area contributed by atoms with Crippen molar-refractivity contribution in [2.75, 3.05) is 11.9 Å². The van der Waals surface area contributed by atoms with Crippen LogP contribution in [0.3, 0.4) is 0 Å². The lowest BCUT2D eigenvalue weighted by atomic mass is 10.4. The maximum atomic E-state index is 9.08. The second-order valence-corrected chi connectivity index (χ2v) is 3.18. The van der Waals surface area contributed by atoms with Crippen LogP contribution in [-0.2, 0) is 0 Å². The average molecular weight is 192 g/mol. The van der Waals surface area contributed by atoms with E-state index in [-0.39, 0.29) is 6.10 Å². The van der Waals surface area contributed by atoms with E-state index in [0.29, 0.717) is 6.54 Å². The number of rotatable bonds is 3. The van der Waals surface area contributed by atoms with E-state index in [1.165, 1.54) is 0 Å². The van der Waals surface area contributed by atoms with Gasteiger partial charge in [0, 0.05) is 18.9 Å². The summed E-state index contributed by atoms with van der Waals surface area (Å²) in [6.45, 7) is 2.22. The Labute approximate surface area is 81.4 Å². The van der Waals surface area contributed by atoms with Crippen LogP contribution < -0.4 is 5.32 Å². The van der Waals surface area contributed by atoms with Gasteiger partial charge in [-0.15, -0.1) is 5.10 Å². The SMILES string of the molecule is C[C@H](O)CNc1ccc2nccn2n1. The highest BCUT2D eigenvalue weighted by Crippen LogP contribution is 2.04. The molecule has 0 radical (unpaired) electrons. The largest absolute Gasteiger partial charge is 0.392 e. The molecule has 2 aromatic rings. The van der Waals surface area contributed by atoms with Gasteiger partial charge < -0.3 is 10.4 Å². The van der Waals surface area contributed by atoms with Crippen LogP contribution in [0.2, 0.25) is 0 Å². The van der Waals surface area contributed by atoms with Gasteiger partial charge in [-0.05, 0) is 19.1 Å². The van der Waals surface area contributed by atoms with Crippen LogP contribution in [0.4, 0.5) is 5.82 Å². The van der Waals surface area contributed by atoms with Crippen LogP contribution in [0.15, 0.2) is 24.5 Å². The molecule has 0 fully saturated rings. The van der Waals surface area contributed by atoms with Gasteiger partial charge in [0.25, 0.3) is 0 Å². The summed E-state index contributed by atoms with van der Waals surface area (Å²) in [5.74, 6) is 0.733. The third kappa shape index (κ3) is 1.82. The highest BCUT2D eigenvalue weighted by Gasteiger charge is 1.99. The van der Waals surface area contributed by atoms with Gasteiger partial charge >= 0.3 is 0 Å². The summed E-state index contributed by atoms with van der Waals surface area (Å²) in [6.07, 6.45) is 3.10. The molecule has 0 aromatic carbocycles. The molecule has 0 saturated heterocycles. The van der Waals surface area contributed by atoms with Crippen LogP contribution in [0.5, 0.6) is 0 Å². The van der Waals surface area contributed by atoms with Crippen LogP contribution in [-0.4, -0.2) is 32.4 Å². The van der Waals surface area contributed by atoms with Gasteiger partial charge in [-0.1, -0.05) is 0 Å². The third-order valence-corrected chi connectivity index (χ3v) is 1.83. The number of aromatic nitrogens is 3. The zero-order chi connectivity index (χ0) is 9.97. The zero-order valence-corrected chi connectivity index (χ0v) is 7.88. The molecular formula is C9H12N4O. The molecule has 0 saturated carbocycles. The molecule has 74 valence electrons. The van der Waals surface area contributed by atoms with Gasteiger partial charge in [0.2, 0.25) is 0 Å². The highest BCUT2D eigenvalue weighted by molar-refractivity contribution is 5.43. The summed E-state index contributed by atoms with van der Waals surface area (Å²) in [4.78, 5) is 4.08. The summed E-state index contributed by atoms with van der Waals surface area (Å²) in [5, 5.41) is 16.3. The van der Waals surface area contributed by atoms with E-state index in [9.17, 15) is 0 Å². The molecule has 0 aliphatic heterocycles. The van der Waals surface area contributed by atoms with Gasteiger partial charge in [-0.2, -0.15) is 0 Å². The van der Waals surface area contributed by atoms with Crippen molar-refractivity contribution in [2.24, 2.45) is 0 Å². The summed E-state index contributed by atoms with van der Waals surface area (Å²) >= 11 is 0. The predicted molar refractivity (Wildman–Crippen MR) is 53.2 cm³/mol. The molecule has 0 aliphatic rings. The minimum Gasteiger partial charge on any atom is -0.392 e. The van der Waals surface area contributed by atoms with Crippen LogP contribution in [0.1, 0.15) is 6.92 Å². The van der Waals surface area contributed by atoms with Crippen molar-refractivity contribution in [2.45, 2.75) is 13.0 Å². The molecule has 0 aliphatic carbocycles. The molecule has 2 heterocycles. The van der Waals surface area contributed by atoms with Gasteiger partial charge in [-0.25, -0.2) is 9.50 Å². The summed E-state index contributed by atoms with van der Waals surface area (Å²) in [6, 6.07) is 3.71. The Bertz CT molecular complexity index is 423. The van der Waals surface area contributed by atoms with Crippen molar-refractivity contribution in [3.05, 3.63) is 24.5 Å². The minimum absolute atomic E-state index is 0.379. The molecule has 0 spiro atoms. The van der Waals surface area contributed by atoms with E-state index in [1.807, 2.05) is 12.1 Å². The van der Waals surface area contributed by atoms with E-state index in [0.717, 1.165) is 11.5 Å². The second kappa shape index (κ2) is 3.63. The fourth-order valence-electron chi connectivity index (χ4n) is 1.16. The summed E-state index contributed by atoms with van der Waals surface area (Å²) in [5.41, 5.74) is 0.813. The van der Waals surface area contributed by atoms with Gasteiger partial charge in [0.15, 0.2) is 5.65 Å². The number of aliphatic hydroxyl groups excluding tert-OH is 1. The Hall–Kier alpha value is -1.62. The number of hydrogen-bond donors (Lipinski definition) is 2. The Morgan fingerprint density at radius 2 is 2.43 bits per heavy atom. The van der Waals surface area contributed by atoms with Crippen molar-refractivity contribution in [1.82, 2.24) is 14.6 Å². The smallest absolute Gasteiger partial charge is 0.153 e. The Morgan fingerprint density at radius 1 is 1.57 bits per heavy atom. The molecule has 0 amide bonds. The molecule has 1 atom stereocenters. The first-order valence-electron chi connectivity index (χ1n) is 4.48. The number of imidazole rings is 1. The van der Waals surface area contributed by atoms with E-state index >= 15 is 0 Å². The highest BCUT2D eigenvalue weighted by atomic mass is 16.3. The van der Waals surface area contributed by atoms with Crippen molar-refractivity contribution >= 4 is 11.5 Å². The number of anilines is 1. The zero-order valence-electron chi connectivity index (χ0n) is 7.88. The maximum Gasteiger partial charge on any atom is 0.153 e. The summed E-state index contributed by atoms with van der Waals surface area (Å²) in [7, 11) is 0. The molecule has 2 aromatic heterocycles. The molecule has 2 N–H and O–H groups in total. The van der Waals surface area contributed by atoms with E-state index in [4.69, 9.17) is 5.11 Å².